The highest BCUT2D eigenvalue weighted by molar-refractivity contribution is 9.10. The SMILES string of the molecule is Cc1ccc(N)c(C)c1NC(=O)c1cccc(Br)c1C. The molecule has 0 saturated carbocycles. The van der Waals surface area contributed by atoms with E-state index in [4.69, 9.17) is 5.73 Å². The maximum atomic E-state index is 12.4. The van der Waals surface area contributed by atoms with Gasteiger partial charge in [0.2, 0.25) is 0 Å². The molecule has 1 amide bonds. The molecule has 104 valence electrons. The molecule has 3 nitrogen and oxygen atoms in total. The monoisotopic (exact) mass is 332 g/mol. The van der Waals surface area contributed by atoms with Gasteiger partial charge in [-0.1, -0.05) is 28.1 Å². The summed E-state index contributed by atoms with van der Waals surface area (Å²) >= 11 is 3.44. The van der Waals surface area contributed by atoms with Gasteiger partial charge in [-0.25, -0.2) is 0 Å². The first-order chi connectivity index (χ1) is 9.41. The van der Waals surface area contributed by atoms with Gasteiger partial charge in [-0.3, -0.25) is 4.79 Å². The molecule has 2 aromatic carbocycles. The van der Waals surface area contributed by atoms with Crippen LogP contribution in [0.15, 0.2) is 34.8 Å². The second kappa shape index (κ2) is 5.67. The van der Waals surface area contributed by atoms with E-state index < -0.39 is 0 Å². The van der Waals surface area contributed by atoms with Crippen LogP contribution in [0, 0.1) is 20.8 Å². The third-order valence-electron chi connectivity index (χ3n) is 3.47. The third-order valence-corrected chi connectivity index (χ3v) is 4.33. The van der Waals surface area contributed by atoms with E-state index in [1.165, 1.54) is 0 Å². The Morgan fingerprint density at radius 1 is 1.10 bits per heavy atom. The number of rotatable bonds is 2. The van der Waals surface area contributed by atoms with E-state index in [9.17, 15) is 4.79 Å². The molecule has 3 N–H and O–H groups in total. The van der Waals surface area contributed by atoms with Crippen LogP contribution >= 0.6 is 15.9 Å². The smallest absolute Gasteiger partial charge is 0.255 e. The van der Waals surface area contributed by atoms with Crippen molar-refractivity contribution in [2.24, 2.45) is 0 Å². The molecule has 0 aliphatic heterocycles. The lowest BCUT2D eigenvalue weighted by Gasteiger charge is -2.14. The molecule has 2 aromatic rings. The molecule has 20 heavy (non-hydrogen) atoms. The van der Waals surface area contributed by atoms with Crippen LogP contribution < -0.4 is 11.1 Å². The summed E-state index contributed by atoms with van der Waals surface area (Å²) in [6.07, 6.45) is 0. The number of carbonyl (C=O) groups is 1. The summed E-state index contributed by atoms with van der Waals surface area (Å²) in [6.45, 7) is 5.78. The van der Waals surface area contributed by atoms with Gasteiger partial charge in [0.15, 0.2) is 0 Å². The molecule has 0 aliphatic rings. The first-order valence-corrected chi connectivity index (χ1v) is 7.13. The predicted molar refractivity (Wildman–Crippen MR) is 87.2 cm³/mol. The number of amides is 1. The van der Waals surface area contributed by atoms with Gasteiger partial charge in [-0.15, -0.1) is 0 Å². The van der Waals surface area contributed by atoms with E-state index in [2.05, 4.69) is 21.2 Å². The highest BCUT2D eigenvalue weighted by Crippen LogP contribution is 2.27. The van der Waals surface area contributed by atoms with Crippen molar-refractivity contribution in [3.05, 3.63) is 57.1 Å². The summed E-state index contributed by atoms with van der Waals surface area (Å²) < 4.78 is 0.922. The Labute approximate surface area is 127 Å². The quantitative estimate of drug-likeness (QED) is 0.809. The van der Waals surface area contributed by atoms with Crippen molar-refractivity contribution in [2.45, 2.75) is 20.8 Å². The molecule has 0 saturated heterocycles. The number of benzene rings is 2. The van der Waals surface area contributed by atoms with Gasteiger partial charge in [0.1, 0.15) is 0 Å². The van der Waals surface area contributed by atoms with Crippen LogP contribution in [0.25, 0.3) is 0 Å². The van der Waals surface area contributed by atoms with Crippen LogP contribution in [-0.2, 0) is 0 Å². The van der Waals surface area contributed by atoms with E-state index in [1.54, 1.807) is 0 Å². The molecule has 0 heterocycles. The van der Waals surface area contributed by atoms with Crippen molar-refractivity contribution in [1.82, 2.24) is 0 Å². The highest BCUT2D eigenvalue weighted by Gasteiger charge is 2.14. The fraction of sp³-hybridized carbons (Fsp3) is 0.188. The molecule has 0 aromatic heterocycles. The maximum absolute atomic E-state index is 12.4. The first-order valence-electron chi connectivity index (χ1n) is 6.34. The number of halogens is 1. The molecule has 0 spiro atoms. The Hall–Kier alpha value is -1.81. The van der Waals surface area contributed by atoms with Crippen molar-refractivity contribution in [3.8, 4) is 0 Å². The van der Waals surface area contributed by atoms with Crippen LogP contribution in [0.4, 0.5) is 11.4 Å². The van der Waals surface area contributed by atoms with Crippen molar-refractivity contribution in [2.75, 3.05) is 11.1 Å². The van der Waals surface area contributed by atoms with Crippen LogP contribution in [0.2, 0.25) is 0 Å². The largest absolute Gasteiger partial charge is 0.398 e. The van der Waals surface area contributed by atoms with E-state index in [0.717, 1.165) is 26.9 Å². The van der Waals surface area contributed by atoms with Crippen LogP contribution in [0.1, 0.15) is 27.0 Å². The third kappa shape index (κ3) is 2.70. The normalized spacial score (nSPS) is 10.4. The standard InChI is InChI=1S/C16H17BrN2O/c1-9-7-8-14(18)11(3)15(9)19-16(20)12-5-4-6-13(17)10(12)2/h4-8H,18H2,1-3H3,(H,19,20). The molecular weight excluding hydrogens is 316 g/mol. The molecule has 0 aliphatic carbocycles. The summed E-state index contributed by atoms with van der Waals surface area (Å²) in [5.41, 5.74) is 10.8. The van der Waals surface area contributed by atoms with Gasteiger partial charge in [-0.05, 0) is 55.7 Å². The molecule has 0 bridgehead atoms. The summed E-state index contributed by atoms with van der Waals surface area (Å²) in [5, 5.41) is 2.96. The number of nitrogens with one attached hydrogen (secondary N) is 1. The Morgan fingerprint density at radius 3 is 2.50 bits per heavy atom. The molecule has 0 fully saturated rings. The Kier molecular flexibility index (Phi) is 4.14. The fourth-order valence-electron chi connectivity index (χ4n) is 2.09. The summed E-state index contributed by atoms with van der Waals surface area (Å²) in [4.78, 5) is 12.4. The van der Waals surface area contributed by atoms with E-state index in [-0.39, 0.29) is 5.91 Å². The Bertz CT molecular complexity index is 680. The minimum Gasteiger partial charge on any atom is -0.398 e. The minimum absolute atomic E-state index is 0.124. The molecule has 0 radical (unpaired) electrons. The number of anilines is 2. The molecule has 4 heteroatoms. The number of nitrogens with two attached hydrogens (primary N) is 1. The van der Waals surface area contributed by atoms with Gasteiger partial charge in [0.05, 0.1) is 0 Å². The van der Waals surface area contributed by atoms with Gasteiger partial charge < -0.3 is 11.1 Å². The molecule has 2 rings (SSSR count). The van der Waals surface area contributed by atoms with Gasteiger partial charge in [0, 0.05) is 21.4 Å². The zero-order valence-electron chi connectivity index (χ0n) is 11.8. The summed E-state index contributed by atoms with van der Waals surface area (Å²) in [6, 6.07) is 9.34. The average molecular weight is 333 g/mol. The number of aryl methyl sites for hydroxylation is 1. The predicted octanol–water partition coefficient (Wildman–Crippen LogP) is 4.21. The van der Waals surface area contributed by atoms with Gasteiger partial charge in [0.25, 0.3) is 5.91 Å². The molecular formula is C16H17BrN2O. The topological polar surface area (TPSA) is 55.1 Å². The average Bonchev–Trinajstić information content (AvgIpc) is 2.42. The fourth-order valence-corrected chi connectivity index (χ4v) is 2.46. The van der Waals surface area contributed by atoms with E-state index in [0.29, 0.717) is 11.3 Å². The van der Waals surface area contributed by atoms with E-state index >= 15 is 0 Å². The maximum Gasteiger partial charge on any atom is 0.255 e. The number of hydrogen-bond acceptors (Lipinski definition) is 2. The summed E-state index contributed by atoms with van der Waals surface area (Å²) in [7, 11) is 0. The summed E-state index contributed by atoms with van der Waals surface area (Å²) in [5.74, 6) is -0.124. The van der Waals surface area contributed by atoms with E-state index in [1.807, 2.05) is 51.1 Å². The second-order valence-corrected chi connectivity index (χ2v) is 5.69. The van der Waals surface area contributed by atoms with Crippen molar-refractivity contribution in [3.63, 3.8) is 0 Å². The number of carbonyl (C=O) groups excluding carboxylic acids is 1. The second-order valence-electron chi connectivity index (χ2n) is 4.84. The minimum atomic E-state index is -0.124. The van der Waals surface area contributed by atoms with Crippen LogP contribution in [-0.4, -0.2) is 5.91 Å². The van der Waals surface area contributed by atoms with Crippen LogP contribution in [0.3, 0.4) is 0 Å². The lowest BCUT2D eigenvalue weighted by molar-refractivity contribution is 0.102. The Morgan fingerprint density at radius 2 is 1.80 bits per heavy atom. The van der Waals surface area contributed by atoms with Crippen LogP contribution in [0.5, 0.6) is 0 Å². The zero-order valence-corrected chi connectivity index (χ0v) is 13.3. The molecule has 0 atom stereocenters. The van der Waals surface area contributed by atoms with Crippen molar-refractivity contribution in [1.29, 1.82) is 0 Å². The lowest BCUT2D eigenvalue weighted by Crippen LogP contribution is -2.15. The van der Waals surface area contributed by atoms with Crippen molar-refractivity contribution >= 4 is 33.2 Å². The first kappa shape index (κ1) is 14.6. The Balaban J connectivity index is 2.38. The molecule has 0 unspecified atom stereocenters. The van der Waals surface area contributed by atoms with Crippen molar-refractivity contribution < 1.29 is 4.79 Å². The van der Waals surface area contributed by atoms with Gasteiger partial charge >= 0.3 is 0 Å². The van der Waals surface area contributed by atoms with Gasteiger partial charge in [-0.2, -0.15) is 0 Å². The highest BCUT2D eigenvalue weighted by atomic mass is 79.9. The number of nitrogen functional groups attached to an aromatic ring is 1. The lowest BCUT2D eigenvalue weighted by atomic mass is 10.1. The zero-order chi connectivity index (χ0) is 14.9. The number of hydrogen-bond donors (Lipinski definition) is 2.